The highest BCUT2D eigenvalue weighted by Gasteiger charge is 2.42. The number of hydrogen-bond acceptors (Lipinski definition) is 5. The Morgan fingerprint density at radius 3 is 2.53 bits per heavy atom. The molecule has 2 aliphatic heterocycles. The number of hydrogen-bond donors (Lipinski definition) is 0. The third-order valence-electron chi connectivity index (χ3n) is 7.26. The summed E-state index contributed by atoms with van der Waals surface area (Å²) in [6.07, 6.45) is 13.1. The minimum absolute atomic E-state index is 0.0240. The lowest BCUT2D eigenvalue weighted by Gasteiger charge is -2.41. The Morgan fingerprint density at radius 1 is 1.10 bits per heavy atom. The van der Waals surface area contributed by atoms with Gasteiger partial charge in [-0.05, 0) is 63.3 Å². The molecule has 1 aromatic carbocycles. The molecule has 0 spiro atoms. The van der Waals surface area contributed by atoms with Crippen molar-refractivity contribution in [1.82, 2.24) is 4.90 Å². The van der Waals surface area contributed by atoms with Crippen molar-refractivity contribution in [2.75, 3.05) is 13.1 Å². The van der Waals surface area contributed by atoms with E-state index in [9.17, 15) is 8.42 Å². The van der Waals surface area contributed by atoms with E-state index in [0.29, 0.717) is 10.6 Å². The Labute approximate surface area is 179 Å². The standard InChI is InChI=1S/C24H31NO4S/c1-17-24(29-22-7-2-3-8-23(22)30(17,26)27)18-9-11-20(12-10-18)28-21-13-15-25(16-14-21)19-5-4-6-19/h2-3,7-9,11-12,17-19,21,24H,4-6,10,13-16H2,1H3/t17-,18?,24+/m0/s1. The topological polar surface area (TPSA) is 55.8 Å². The fourth-order valence-electron chi connectivity index (χ4n) is 5.09. The first-order valence-electron chi connectivity index (χ1n) is 11.3. The highest BCUT2D eigenvalue weighted by molar-refractivity contribution is 7.92. The van der Waals surface area contributed by atoms with Gasteiger partial charge in [-0.15, -0.1) is 0 Å². The highest BCUT2D eigenvalue weighted by Crippen LogP contribution is 2.39. The summed E-state index contributed by atoms with van der Waals surface area (Å²) < 4.78 is 38.3. The zero-order valence-corrected chi connectivity index (χ0v) is 18.4. The Morgan fingerprint density at radius 2 is 1.87 bits per heavy atom. The summed E-state index contributed by atoms with van der Waals surface area (Å²) in [5, 5.41) is -0.575. The predicted molar refractivity (Wildman–Crippen MR) is 116 cm³/mol. The van der Waals surface area contributed by atoms with Crippen molar-refractivity contribution in [2.24, 2.45) is 5.92 Å². The highest BCUT2D eigenvalue weighted by atomic mass is 32.2. The molecule has 4 aliphatic rings. The van der Waals surface area contributed by atoms with Crippen LogP contribution < -0.4 is 4.74 Å². The summed E-state index contributed by atoms with van der Waals surface area (Å²) >= 11 is 0. The molecule has 1 unspecified atom stereocenters. The predicted octanol–water partition coefficient (Wildman–Crippen LogP) is 4.10. The summed E-state index contributed by atoms with van der Waals surface area (Å²) in [5.74, 6) is 1.41. The number of rotatable bonds is 4. The van der Waals surface area contributed by atoms with E-state index >= 15 is 0 Å². The van der Waals surface area contributed by atoms with E-state index in [2.05, 4.69) is 17.1 Å². The van der Waals surface area contributed by atoms with Gasteiger partial charge in [0.2, 0.25) is 0 Å². The maximum atomic E-state index is 12.9. The van der Waals surface area contributed by atoms with Crippen LogP contribution in [0.15, 0.2) is 53.1 Å². The van der Waals surface area contributed by atoms with E-state index in [1.54, 1.807) is 25.1 Å². The average molecular weight is 430 g/mol. The summed E-state index contributed by atoms with van der Waals surface area (Å²) in [6.45, 7) is 4.04. The summed E-state index contributed by atoms with van der Waals surface area (Å²) in [5.41, 5.74) is 0. The lowest BCUT2D eigenvalue weighted by atomic mass is 9.89. The lowest BCUT2D eigenvalue weighted by molar-refractivity contribution is 0.0219. The molecule has 162 valence electrons. The van der Waals surface area contributed by atoms with E-state index in [0.717, 1.165) is 44.2 Å². The van der Waals surface area contributed by atoms with Gasteiger partial charge >= 0.3 is 0 Å². The largest absolute Gasteiger partial charge is 0.491 e. The Kier molecular flexibility index (Phi) is 5.40. The van der Waals surface area contributed by atoms with Gasteiger partial charge in [-0.1, -0.05) is 24.6 Å². The zero-order valence-electron chi connectivity index (χ0n) is 17.6. The van der Waals surface area contributed by atoms with Crippen molar-refractivity contribution in [3.8, 4) is 5.75 Å². The Bertz CT molecular complexity index is 942. The van der Waals surface area contributed by atoms with Crippen LogP contribution in [0, 0.1) is 5.92 Å². The second-order valence-corrected chi connectivity index (χ2v) is 11.4. The van der Waals surface area contributed by atoms with Gasteiger partial charge in [-0.25, -0.2) is 8.42 Å². The number of sulfone groups is 1. The number of allylic oxidation sites excluding steroid dienone is 2. The van der Waals surface area contributed by atoms with Gasteiger partial charge < -0.3 is 14.4 Å². The second kappa shape index (κ2) is 8.04. The van der Waals surface area contributed by atoms with E-state index in [1.165, 1.54) is 19.3 Å². The Balaban J connectivity index is 1.19. The number of ether oxygens (including phenoxy) is 2. The number of nitrogens with zero attached hydrogens (tertiary/aromatic N) is 1. The fourth-order valence-corrected chi connectivity index (χ4v) is 6.76. The number of likely N-dealkylation sites (tertiary alicyclic amines) is 1. The number of para-hydroxylation sites is 1. The fraction of sp³-hybridized carbons (Fsp3) is 0.583. The molecular formula is C24H31NO4S. The van der Waals surface area contributed by atoms with Crippen LogP contribution in [0.3, 0.4) is 0 Å². The van der Waals surface area contributed by atoms with Crippen LogP contribution in [0.4, 0.5) is 0 Å². The monoisotopic (exact) mass is 429 g/mol. The zero-order chi connectivity index (χ0) is 20.7. The van der Waals surface area contributed by atoms with Crippen LogP contribution in [0.2, 0.25) is 0 Å². The molecule has 6 heteroatoms. The molecule has 1 saturated heterocycles. The van der Waals surface area contributed by atoms with Crippen LogP contribution in [0.25, 0.3) is 0 Å². The van der Waals surface area contributed by atoms with Gasteiger partial charge in [0.25, 0.3) is 0 Å². The van der Waals surface area contributed by atoms with Gasteiger partial charge in [-0.2, -0.15) is 0 Å². The number of benzene rings is 1. The third kappa shape index (κ3) is 3.69. The number of piperidine rings is 1. The molecule has 1 aromatic rings. The number of fused-ring (bicyclic) bond motifs is 1. The molecule has 1 saturated carbocycles. The van der Waals surface area contributed by atoms with Crippen molar-refractivity contribution in [2.45, 2.75) is 73.8 Å². The van der Waals surface area contributed by atoms with Crippen LogP contribution in [-0.2, 0) is 14.6 Å². The smallest absolute Gasteiger partial charge is 0.188 e. The van der Waals surface area contributed by atoms with Gasteiger partial charge in [0.05, 0.1) is 0 Å². The molecule has 0 bridgehead atoms. The molecule has 5 rings (SSSR count). The maximum absolute atomic E-state index is 12.9. The average Bonchev–Trinajstić information content (AvgIpc) is 2.72. The summed E-state index contributed by atoms with van der Waals surface area (Å²) in [4.78, 5) is 2.94. The van der Waals surface area contributed by atoms with E-state index in [1.807, 2.05) is 12.1 Å². The minimum Gasteiger partial charge on any atom is -0.491 e. The quantitative estimate of drug-likeness (QED) is 0.721. The van der Waals surface area contributed by atoms with Gasteiger partial charge in [0, 0.05) is 25.0 Å². The molecule has 0 aromatic heterocycles. The molecule has 3 atom stereocenters. The summed E-state index contributed by atoms with van der Waals surface area (Å²) in [7, 11) is -3.38. The second-order valence-electron chi connectivity index (χ2n) is 9.08. The minimum atomic E-state index is -3.38. The molecule has 30 heavy (non-hydrogen) atoms. The van der Waals surface area contributed by atoms with Crippen molar-refractivity contribution in [3.05, 3.63) is 48.3 Å². The van der Waals surface area contributed by atoms with E-state index in [-0.39, 0.29) is 18.1 Å². The van der Waals surface area contributed by atoms with Crippen molar-refractivity contribution < 1.29 is 17.9 Å². The first-order valence-corrected chi connectivity index (χ1v) is 12.9. The van der Waals surface area contributed by atoms with Crippen LogP contribution in [0.5, 0.6) is 5.75 Å². The first-order chi connectivity index (χ1) is 14.5. The van der Waals surface area contributed by atoms with Crippen molar-refractivity contribution >= 4 is 9.84 Å². The van der Waals surface area contributed by atoms with Crippen LogP contribution in [-0.4, -0.2) is 49.9 Å². The molecule has 0 amide bonds. The lowest BCUT2D eigenvalue weighted by Crippen LogP contribution is -2.46. The molecule has 2 heterocycles. The molecule has 0 radical (unpaired) electrons. The molecule has 0 N–H and O–H groups in total. The van der Waals surface area contributed by atoms with Gasteiger partial charge in [0.1, 0.15) is 33.9 Å². The van der Waals surface area contributed by atoms with E-state index in [4.69, 9.17) is 9.47 Å². The van der Waals surface area contributed by atoms with Gasteiger partial charge in [-0.3, -0.25) is 0 Å². The molecule has 5 nitrogen and oxygen atoms in total. The molecule has 2 aliphatic carbocycles. The Hall–Kier alpha value is -1.79. The van der Waals surface area contributed by atoms with Crippen LogP contribution >= 0.6 is 0 Å². The van der Waals surface area contributed by atoms with E-state index < -0.39 is 15.1 Å². The first kappa shape index (κ1) is 20.1. The molecule has 2 fully saturated rings. The van der Waals surface area contributed by atoms with Crippen molar-refractivity contribution in [3.63, 3.8) is 0 Å². The summed E-state index contributed by atoms with van der Waals surface area (Å²) in [6, 6.07) is 7.77. The van der Waals surface area contributed by atoms with Gasteiger partial charge in [0.15, 0.2) is 9.84 Å². The third-order valence-corrected chi connectivity index (χ3v) is 9.46. The molecular weight excluding hydrogens is 398 g/mol. The van der Waals surface area contributed by atoms with Crippen LogP contribution in [0.1, 0.15) is 45.4 Å². The van der Waals surface area contributed by atoms with Crippen molar-refractivity contribution in [1.29, 1.82) is 0 Å². The maximum Gasteiger partial charge on any atom is 0.188 e. The normalized spacial score (nSPS) is 31.9. The SMILES string of the molecule is C[C@H]1[C@H](C2C=CC(OC3CCN(C4CCC4)CC3)=CC2)Oc2ccccc2S1(=O)=O.